The zero-order chi connectivity index (χ0) is 18.8. The van der Waals surface area contributed by atoms with Gasteiger partial charge in [-0.05, 0) is 33.3 Å². The summed E-state index contributed by atoms with van der Waals surface area (Å²) >= 11 is 0. The summed E-state index contributed by atoms with van der Waals surface area (Å²) in [6, 6.07) is 8.10. The molecule has 1 aliphatic heterocycles. The highest BCUT2D eigenvalue weighted by Gasteiger charge is 2.21. The number of guanidine groups is 1. The molecule has 0 bridgehead atoms. The van der Waals surface area contributed by atoms with Crippen molar-refractivity contribution in [3.8, 4) is 5.75 Å². The van der Waals surface area contributed by atoms with Crippen LogP contribution in [0.25, 0.3) is 0 Å². The van der Waals surface area contributed by atoms with Gasteiger partial charge in [-0.2, -0.15) is 0 Å². The van der Waals surface area contributed by atoms with Gasteiger partial charge in [0.2, 0.25) is 0 Å². The van der Waals surface area contributed by atoms with Crippen molar-refractivity contribution < 1.29 is 9.47 Å². The standard InChI is InChI=1S/C20H34N4O2/c1-5-25-19-10-7-6-9-18(19)13-23-20(21-4)22-11-8-12-24-14-16(2)26-17(3)15-24/h6-7,9-10,16-17H,5,8,11-15H2,1-4H3,(H2,21,22,23). The number of rotatable bonds is 8. The largest absolute Gasteiger partial charge is 0.494 e. The lowest BCUT2D eigenvalue weighted by molar-refractivity contribution is -0.0679. The molecule has 2 atom stereocenters. The maximum Gasteiger partial charge on any atom is 0.191 e. The van der Waals surface area contributed by atoms with Crippen molar-refractivity contribution >= 4 is 5.96 Å². The van der Waals surface area contributed by atoms with Crippen LogP contribution in [0, 0.1) is 0 Å². The Morgan fingerprint density at radius 3 is 2.65 bits per heavy atom. The van der Waals surface area contributed by atoms with E-state index in [0.29, 0.717) is 25.4 Å². The Bertz CT molecular complexity index is 554. The van der Waals surface area contributed by atoms with Crippen molar-refractivity contribution in [1.82, 2.24) is 15.5 Å². The molecule has 1 aliphatic rings. The number of benzene rings is 1. The maximum atomic E-state index is 5.78. The molecule has 0 aliphatic carbocycles. The van der Waals surface area contributed by atoms with Gasteiger partial charge in [0.15, 0.2) is 5.96 Å². The second-order valence-corrected chi connectivity index (χ2v) is 6.76. The monoisotopic (exact) mass is 362 g/mol. The van der Waals surface area contributed by atoms with Gasteiger partial charge in [0.1, 0.15) is 5.75 Å². The Kier molecular flexibility index (Phi) is 8.71. The molecule has 0 spiro atoms. The Morgan fingerprint density at radius 1 is 1.23 bits per heavy atom. The summed E-state index contributed by atoms with van der Waals surface area (Å²) < 4.78 is 11.5. The Balaban J connectivity index is 1.70. The molecule has 146 valence electrons. The fourth-order valence-electron chi connectivity index (χ4n) is 3.32. The van der Waals surface area contributed by atoms with E-state index in [0.717, 1.165) is 49.9 Å². The van der Waals surface area contributed by atoms with Gasteiger partial charge in [-0.25, -0.2) is 0 Å². The number of para-hydroxylation sites is 1. The highest BCUT2D eigenvalue weighted by Crippen LogP contribution is 2.17. The molecular weight excluding hydrogens is 328 g/mol. The first kappa shape index (κ1) is 20.5. The van der Waals surface area contributed by atoms with Gasteiger partial charge in [0, 0.05) is 45.3 Å². The molecule has 6 nitrogen and oxygen atoms in total. The molecule has 1 heterocycles. The summed E-state index contributed by atoms with van der Waals surface area (Å²) in [6.45, 7) is 11.7. The van der Waals surface area contributed by atoms with Crippen molar-refractivity contribution in [2.24, 2.45) is 4.99 Å². The second-order valence-electron chi connectivity index (χ2n) is 6.76. The summed E-state index contributed by atoms with van der Waals surface area (Å²) in [7, 11) is 1.80. The smallest absolute Gasteiger partial charge is 0.191 e. The van der Waals surface area contributed by atoms with E-state index in [1.54, 1.807) is 7.05 Å². The van der Waals surface area contributed by atoms with Gasteiger partial charge in [0.25, 0.3) is 0 Å². The molecule has 0 amide bonds. The highest BCUT2D eigenvalue weighted by atomic mass is 16.5. The lowest BCUT2D eigenvalue weighted by Gasteiger charge is -2.35. The van der Waals surface area contributed by atoms with E-state index in [-0.39, 0.29) is 0 Å². The molecule has 0 aromatic heterocycles. The Labute approximate surface area is 158 Å². The van der Waals surface area contributed by atoms with Crippen molar-refractivity contribution in [1.29, 1.82) is 0 Å². The van der Waals surface area contributed by atoms with Gasteiger partial charge >= 0.3 is 0 Å². The summed E-state index contributed by atoms with van der Waals surface area (Å²) in [5.74, 6) is 1.74. The van der Waals surface area contributed by atoms with E-state index < -0.39 is 0 Å². The summed E-state index contributed by atoms with van der Waals surface area (Å²) in [5, 5.41) is 6.76. The molecule has 0 radical (unpaired) electrons. The fourth-order valence-corrected chi connectivity index (χ4v) is 3.32. The number of hydrogen-bond acceptors (Lipinski definition) is 4. The molecular formula is C20H34N4O2. The first-order valence-electron chi connectivity index (χ1n) is 9.65. The van der Waals surface area contributed by atoms with E-state index >= 15 is 0 Å². The number of nitrogens with zero attached hydrogens (tertiary/aromatic N) is 2. The lowest BCUT2D eigenvalue weighted by atomic mass is 10.2. The minimum absolute atomic E-state index is 0.326. The van der Waals surface area contributed by atoms with Crippen molar-refractivity contribution in [3.05, 3.63) is 29.8 Å². The molecule has 6 heteroatoms. The Morgan fingerprint density at radius 2 is 1.96 bits per heavy atom. The van der Waals surface area contributed by atoms with Crippen molar-refractivity contribution in [2.75, 3.05) is 39.8 Å². The Hall–Kier alpha value is -1.79. The van der Waals surface area contributed by atoms with E-state index in [9.17, 15) is 0 Å². The van der Waals surface area contributed by atoms with E-state index in [4.69, 9.17) is 9.47 Å². The van der Waals surface area contributed by atoms with Crippen LogP contribution in [-0.4, -0.2) is 62.9 Å². The predicted molar refractivity (Wildman–Crippen MR) is 107 cm³/mol. The fraction of sp³-hybridized carbons (Fsp3) is 0.650. The molecule has 1 aromatic carbocycles. The lowest BCUT2D eigenvalue weighted by Crippen LogP contribution is -2.46. The van der Waals surface area contributed by atoms with Crippen molar-refractivity contribution in [3.63, 3.8) is 0 Å². The van der Waals surface area contributed by atoms with E-state index in [1.165, 1.54) is 0 Å². The molecule has 1 aromatic rings. The van der Waals surface area contributed by atoms with Gasteiger partial charge < -0.3 is 20.1 Å². The van der Waals surface area contributed by atoms with Crippen LogP contribution in [0.3, 0.4) is 0 Å². The van der Waals surface area contributed by atoms with Crippen LogP contribution in [0.2, 0.25) is 0 Å². The minimum Gasteiger partial charge on any atom is -0.494 e. The third-order valence-electron chi connectivity index (χ3n) is 4.38. The van der Waals surface area contributed by atoms with Crippen LogP contribution < -0.4 is 15.4 Å². The predicted octanol–water partition coefficient (Wildman–Crippen LogP) is 2.25. The topological polar surface area (TPSA) is 58.1 Å². The molecule has 0 saturated carbocycles. The average Bonchev–Trinajstić information content (AvgIpc) is 2.62. The summed E-state index contributed by atoms with van der Waals surface area (Å²) in [4.78, 5) is 6.79. The van der Waals surface area contributed by atoms with Gasteiger partial charge in [-0.1, -0.05) is 18.2 Å². The number of morpholine rings is 1. The SMILES string of the molecule is CCOc1ccccc1CNC(=NC)NCCCN1CC(C)OC(C)C1. The summed E-state index contributed by atoms with van der Waals surface area (Å²) in [6.07, 6.45) is 1.73. The van der Waals surface area contributed by atoms with Gasteiger partial charge in [0.05, 0.1) is 18.8 Å². The first-order chi connectivity index (χ1) is 12.6. The van der Waals surface area contributed by atoms with Gasteiger partial charge in [-0.3, -0.25) is 9.89 Å². The quantitative estimate of drug-likeness (QED) is 0.422. The van der Waals surface area contributed by atoms with E-state index in [1.807, 2.05) is 25.1 Å². The zero-order valence-electron chi connectivity index (χ0n) is 16.6. The number of aliphatic imine (C=N–C) groups is 1. The highest BCUT2D eigenvalue weighted by molar-refractivity contribution is 5.79. The van der Waals surface area contributed by atoms with Crippen LogP contribution in [0.5, 0.6) is 5.75 Å². The molecule has 2 N–H and O–H groups in total. The molecule has 2 rings (SSSR count). The van der Waals surface area contributed by atoms with Crippen LogP contribution in [-0.2, 0) is 11.3 Å². The maximum absolute atomic E-state index is 5.78. The van der Waals surface area contributed by atoms with Crippen LogP contribution in [0.15, 0.2) is 29.3 Å². The van der Waals surface area contributed by atoms with Crippen LogP contribution in [0.1, 0.15) is 32.8 Å². The first-order valence-corrected chi connectivity index (χ1v) is 9.65. The average molecular weight is 363 g/mol. The number of nitrogens with one attached hydrogen (secondary N) is 2. The summed E-state index contributed by atoms with van der Waals surface area (Å²) in [5.41, 5.74) is 1.13. The third-order valence-corrected chi connectivity index (χ3v) is 4.38. The van der Waals surface area contributed by atoms with Crippen LogP contribution in [0.4, 0.5) is 0 Å². The molecule has 1 fully saturated rings. The number of ether oxygens (including phenoxy) is 2. The second kappa shape index (κ2) is 11.0. The van der Waals surface area contributed by atoms with Gasteiger partial charge in [-0.15, -0.1) is 0 Å². The van der Waals surface area contributed by atoms with Crippen molar-refractivity contribution in [2.45, 2.75) is 45.9 Å². The van der Waals surface area contributed by atoms with E-state index in [2.05, 4.69) is 40.4 Å². The molecule has 26 heavy (non-hydrogen) atoms. The zero-order valence-corrected chi connectivity index (χ0v) is 16.6. The number of hydrogen-bond donors (Lipinski definition) is 2. The minimum atomic E-state index is 0.326. The third kappa shape index (κ3) is 6.84. The molecule has 2 unspecified atom stereocenters. The normalized spacial score (nSPS) is 21.5. The molecule has 1 saturated heterocycles. The van der Waals surface area contributed by atoms with Crippen LogP contribution >= 0.6 is 0 Å².